The lowest BCUT2D eigenvalue weighted by Gasteiger charge is -2.14. The minimum atomic E-state index is -1.02. The molecule has 2 aromatic rings. The predicted molar refractivity (Wildman–Crippen MR) is 95.9 cm³/mol. The largest absolute Gasteiger partial charge is 0.477 e. The van der Waals surface area contributed by atoms with Gasteiger partial charge in [-0.25, -0.2) is 9.78 Å². The molecule has 0 aliphatic rings. The molecule has 0 atom stereocenters. The molecule has 1 aromatic heterocycles. The summed E-state index contributed by atoms with van der Waals surface area (Å²) in [6.07, 6.45) is 4.02. The molecule has 1 N–H and O–H groups in total. The molecule has 2 rings (SSSR count). The Hall–Kier alpha value is -1.76. The van der Waals surface area contributed by atoms with Crippen LogP contribution in [-0.4, -0.2) is 34.5 Å². The maximum Gasteiger partial charge on any atom is 0.354 e. The molecule has 25 heavy (non-hydrogen) atoms. The van der Waals surface area contributed by atoms with Crippen LogP contribution in [0, 0.1) is 0 Å². The number of halogens is 2. The molecular formula is C17H20Cl2N2O4. The first-order valence-corrected chi connectivity index (χ1v) is 8.60. The van der Waals surface area contributed by atoms with E-state index in [2.05, 4.69) is 11.9 Å². The molecular weight excluding hydrogens is 367 g/mol. The van der Waals surface area contributed by atoms with Crippen LogP contribution in [0.15, 0.2) is 18.3 Å². The Balaban J connectivity index is 2.32. The van der Waals surface area contributed by atoms with Gasteiger partial charge in [0, 0.05) is 20.1 Å². The molecule has 1 aromatic carbocycles. The second-order valence-electron chi connectivity index (χ2n) is 5.49. The van der Waals surface area contributed by atoms with Gasteiger partial charge >= 0.3 is 5.97 Å². The second-order valence-corrected chi connectivity index (χ2v) is 6.31. The van der Waals surface area contributed by atoms with Crippen molar-refractivity contribution in [2.45, 2.75) is 32.7 Å². The number of aromatic nitrogens is 2. The second kappa shape index (κ2) is 9.08. The molecule has 0 saturated carbocycles. The Labute approximate surface area is 156 Å². The van der Waals surface area contributed by atoms with Gasteiger partial charge in [0.15, 0.2) is 12.5 Å². The van der Waals surface area contributed by atoms with Crippen LogP contribution in [0.3, 0.4) is 0 Å². The summed E-state index contributed by atoms with van der Waals surface area (Å²) in [6.45, 7) is 2.42. The van der Waals surface area contributed by atoms with E-state index in [1.165, 1.54) is 13.3 Å². The van der Waals surface area contributed by atoms with E-state index in [4.69, 9.17) is 32.7 Å². The summed E-state index contributed by atoms with van der Waals surface area (Å²) in [5, 5.41) is 10.1. The maximum absolute atomic E-state index is 11.5. The highest BCUT2D eigenvalue weighted by Crippen LogP contribution is 2.34. The first kappa shape index (κ1) is 19.6. The highest BCUT2D eigenvalue weighted by molar-refractivity contribution is 6.37. The molecule has 0 radical (unpaired) electrons. The topological polar surface area (TPSA) is 73.6 Å². The number of methoxy groups -OCH3 is 1. The zero-order valence-electron chi connectivity index (χ0n) is 14.1. The van der Waals surface area contributed by atoms with Crippen LogP contribution in [0.2, 0.25) is 10.0 Å². The van der Waals surface area contributed by atoms with E-state index in [1.54, 1.807) is 16.7 Å². The van der Waals surface area contributed by atoms with Crippen LogP contribution in [0.1, 0.15) is 41.6 Å². The number of imidazole rings is 1. The Bertz CT molecular complexity index is 723. The Morgan fingerprint density at radius 2 is 2.00 bits per heavy atom. The minimum absolute atomic E-state index is 0.0324. The molecule has 0 aliphatic carbocycles. The first-order chi connectivity index (χ1) is 12.0. The lowest BCUT2D eigenvalue weighted by molar-refractivity contribution is 0.0512. The average molecular weight is 387 g/mol. The number of aryl methyl sites for hydroxylation is 1. The van der Waals surface area contributed by atoms with Gasteiger partial charge in [-0.05, 0) is 24.1 Å². The van der Waals surface area contributed by atoms with Crippen molar-refractivity contribution in [3.05, 3.63) is 45.5 Å². The van der Waals surface area contributed by atoms with Gasteiger partial charge in [0.2, 0.25) is 0 Å². The van der Waals surface area contributed by atoms with Gasteiger partial charge in [0.1, 0.15) is 11.5 Å². The molecule has 0 amide bonds. The van der Waals surface area contributed by atoms with Crippen molar-refractivity contribution < 1.29 is 19.4 Å². The van der Waals surface area contributed by atoms with Gasteiger partial charge < -0.3 is 19.1 Å². The average Bonchev–Trinajstić information content (AvgIpc) is 2.95. The van der Waals surface area contributed by atoms with E-state index in [0.29, 0.717) is 28.8 Å². The third-order valence-corrected chi connectivity index (χ3v) is 4.19. The maximum atomic E-state index is 11.5. The van der Waals surface area contributed by atoms with E-state index < -0.39 is 5.97 Å². The third-order valence-electron chi connectivity index (χ3n) is 3.63. The molecule has 1 heterocycles. The number of rotatable bonds is 9. The summed E-state index contributed by atoms with van der Waals surface area (Å²) in [7, 11) is 1.50. The number of nitrogens with zero attached hydrogens (tertiary/aromatic N) is 2. The van der Waals surface area contributed by atoms with E-state index in [-0.39, 0.29) is 12.5 Å². The third kappa shape index (κ3) is 4.87. The zero-order chi connectivity index (χ0) is 18.4. The van der Waals surface area contributed by atoms with Gasteiger partial charge in [-0.1, -0.05) is 36.5 Å². The van der Waals surface area contributed by atoms with Crippen molar-refractivity contribution in [3.63, 3.8) is 0 Å². The minimum Gasteiger partial charge on any atom is -0.477 e. The number of carboxylic acids is 1. The highest BCUT2D eigenvalue weighted by atomic mass is 35.5. The summed E-state index contributed by atoms with van der Waals surface area (Å²) in [6, 6.07) is 3.40. The smallest absolute Gasteiger partial charge is 0.354 e. The van der Waals surface area contributed by atoms with Crippen LogP contribution in [0.25, 0.3) is 0 Å². The SMILES string of the molecule is CCCCc1ncc(C(=O)O)n1Cc1cc(Cl)c(OCOC)c(Cl)c1. The lowest BCUT2D eigenvalue weighted by atomic mass is 10.2. The highest BCUT2D eigenvalue weighted by Gasteiger charge is 2.17. The van der Waals surface area contributed by atoms with Crippen molar-refractivity contribution in [2.24, 2.45) is 0 Å². The molecule has 0 saturated heterocycles. The Morgan fingerprint density at radius 1 is 1.32 bits per heavy atom. The van der Waals surface area contributed by atoms with E-state index in [0.717, 1.165) is 24.2 Å². The van der Waals surface area contributed by atoms with Crippen molar-refractivity contribution in [1.82, 2.24) is 9.55 Å². The van der Waals surface area contributed by atoms with E-state index in [9.17, 15) is 9.90 Å². The standard InChI is InChI=1S/C17H20Cl2N2O4/c1-3-4-5-15-20-8-14(17(22)23)21(15)9-11-6-12(18)16(13(19)7-11)25-10-24-2/h6-8H,3-5,9-10H2,1-2H3,(H,22,23). The first-order valence-electron chi connectivity index (χ1n) is 7.85. The number of hydrogen-bond donors (Lipinski definition) is 1. The number of benzene rings is 1. The number of carboxylic acid groups (broad SMARTS) is 1. The van der Waals surface area contributed by atoms with Gasteiger partial charge in [-0.15, -0.1) is 0 Å². The number of ether oxygens (including phenoxy) is 2. The van der Waals surface area contributed by atoms with Crippen molar-refractivity contribution in [2.75, 3.05) is 13.9 Å². The predicted octanol–water partition coefficient (Wildman–Crippen LogP) is 4.26. The number of unbranched alkanes of at least 4 members (excludes halogenated alkanes) is 1. The van der Waals surface area contributed by atoms with Crippen LogP contribution in [-0.2, 0) is 17.7 Å². The monoisotopic (exact) mass is 386 g/mol. The molecule has 0 unspecified atom stereocenters. The zero-order valence-corrected chi connectivity index (χ0v) is 15.6. The van der Waals surface area contributed by atoms with Crippen molar-refractivity contribution in [3.8, 4) is 5.75 Å². The summed E-state index contributed by atoms with van der Waals surface area (Å²) < 4.78 is 11.9. The van der Waals surface area contributed by atoms with Crippen LogP contribution >= 0.6 is 23.2 Å². The molecule has 0 aliphatic heterocycles. The van der Waals surface area contributed by atoms with Gasteiger partial charge in [0.25, 0.3) is 0 Å². The summed E-state index contributed by atoms with van der Waals surface area (Å²) >= 11 is 12.5. The summed E-state index contributed by atoms with van der Waals surface area (Å²) in [5.74, 6) is 0.0444. The Kier molecular flexibility index (Phi) is 7.11. The van der Waals surface area contributed by atoms with Crippen molar-refractivity contribution >= 4 is 29.2 Å². The molecule has 136 valence electrons. The number of aromatic carboxylic acids is 1. The van der Waals surface area contributed by atoms with E-state index in [1.807, 2.05) is 0 Å². The summed E-state index contributed by atoms with van der Waals surface area (Å²) in [4.78, 5) is 15.7. The van der Waals surface area contributed by atoms with E-state index >= 15 is 0 Å². The fraction of sp³-hybridized carbons (Fsp3) is 0.412. The molecule has 8 heteroatoms. The molecule has 0 spiro atoms. The molecule has 0 fully saturated rings. The molecule has 6 nitrogen and oxygen atoms in total. The molecule has 0 bridgehead atoms. The van der Waals surface area contributed by atoms with Gasteiger partial charge in [-0.3, -0.25) is 0 Å². The normalized spacial score (nSPS) is 10.9. The van der Waals surface area contributed by atoms with Crippen LogP contribution in [0.4, 0.5) is 0 Å². The van der Waals surface area contributed by atoms with Crippen LogP contribution in [0.5, 0.6) is 5.75 Å². The number of carbonyl (C=O) groups is 1. The lowest BCUT2D eigenvalue weighted by Crippen LogP contribution is -2.13. The van der Waals surface area contributed by atoms with Crippen molar-refractivity contribution in [1.29, 1.82) is 0 Å². The fourth-order valence-electron chi connectivity index (χ4n) is 2.44. The summed E-state index contributed by atoms with van der Waals surface area (Å²) in [5.41, 5.74) is 0.899. The van der Waals surface area contributed by atoms with Gasteiger partial charge in [-0.2, -0.15) is 0 Å². The van der Waals surface area contributed by atoms with Gasteiger partial charge in [0.05, 0.1) is 16.2 Å². The fourth-order valence-corrected chi connectivity index (χ4v) is 3.08. The number of hydrogen-bond acceptors (Lipinski definition) is 4. The Morgan fingerprint density at radius 3 is 2.56 bits per heavy atom. The quantitative estimate of drug-likeness (QED) is 0.651. The van der Waals surface area contributed by atoms with Crippen LogP contribution < -0.4 is 4.74 Å².